The second-order valence-corrected chi connectivity index (χ2v) is 9.08. The van der Waals surface area contributed by atoms with Gasteiger partial charge in [0.05, 0.1) is 26.8 Å². The Balaban J connectivity index is 1.85. The van der Waals surface area contributed by atoms with Crippen molar-refractivity contribution in [2.45, 2.75) is 24.9 Å². The van der Waals surface area contributed by atoms with E-state index in [-0.39, 0.29) is 22.3 Å². The van der Waals surface area contributed by atoms with Crippen LogP contribution in [0.15, 0.2) is 66.9 Å². The van der Waals surface area contributed by atoms with Crippen molar-refractivity contribution >= 4 is 45.9 Å². The fraction of sp³-hybridized carbons (Fsp3) is 0.160. The zero-order valence-electron chi connectivity index (χ0n) is 19.0. The molecule has 4 nitrogen and oxygen atoms in total. The minimum absolute atomic E-state index is 0.0216. The third-order valence-electron chi connectivity index (χ3n) is 5.74. The number of halogens is 9. The van der Waals surface area contributed by atoms with Gasteiger partial charge in [-0.2, -0.15) is 26.3 Å². The van der Waals surface area contributed by atoms with Gasteiger partial charge < -0.3 is 9.30 Å². The van der Waals surface area contributed by atoms with Crippen LogP contribution in [-0.2, 0) is 16.5 Å². The molecule has 3 aromatic carbocycles. The summed E-state index contributed by atoms with van der Waals surface area (Å²) in [7, 11) is 0. The smallest absolute Gasteiger partial charge is 0.428 e. The van der Waals surface area contributed by atoms with Crippen LogP contribution < -0.4 is 5.32 Å². The molecule has 0 bridgehead atoms. The topological polar surface area (TPSA) is 43.3 Å². The van der Waals surface area contributed by atoms with Crippen LogP contribution in [0.4, 0.5) is 41.2 Å². The van der Waals surface area contributed by atoms with Gasteiger partial charge in [0.25, 0.3) is 0 Å². The summed E-state index contributed by atoms with van der Waals surface area (Å²) in [6.45, 7) is 0.624. The summed E-state index contributed by atoms with van der Waals surface area (Å²) in [5.74, 6) is -0.627. The molecule has 13 heteroatoms. The number of fused-ring (bicyclic) bond motifs is 1. The molecule has 1 N–H and O–H groups in total. The molecule has 4 aromatic rings. The number of alkyl halides is 6. The lowest BCUT2D eigenvalue weighted by molar-refractivity contribution is -0.255. The molecule has 0 radical (unpaired) electrons. The van der Waals surface area contributed by atoms with Gasteiger partial charge in [0.2, 0.25) is 5.60 Å². The van der Waals surface area contributed by atoms with E-state index in [1.54, 1.807) is 0 Å². The summed E-state index contributed by atoms with van der Waals surface area (Å²) >= 11 is 12.3. The lowest BCUT2D eigenvalue weighted by atomic mass is 9.94. The van der Waals surface area contributed by atoms with Crippen LogP contribution in [0.3, 0.4) is 0 Å². The third kappa shape index (κ3) is 5.12. The second kappa shape index (κ2) is 9.70. The molecule has 1 heterocycles. The second-order valence-electron chi connectivity index (χ2n) is 8.27. The average molecular weight is 579 g/mol. The van der Waals surface area contributed by atoms with Crippen molar-refractivity contribution in [3.8, 4) is 5.69 Å². The Morgan fingerprint density at radius 2 is 1.50 bits per heavy atom. The van der Waals surface area contributed by atoms with Gasteiger partial charge in [-0.1, -0.05) is 41.4 Å². The van der Waals surface area contributed by atoms with E-state index in [1.807, 2.05) is 0 Å². The predicted octanol–water partition coefficient (Wildman–Crippen LogP) is 9.12. The number of aromatic nitrogens is 1. The van der Waals surface area contributed by atoms with E-state index in [4.69, 9.17) is 27.9 Å². The molecule has 4 rings (SSSR count). The summed E-state index contributed by atoms with van der Waals surface area (Å²) in [5.41, 5.74) is -5.05. The number of hydrogen-bond acceptors (Lipinski definition) is 2. The molecular weight excluding hydrogens is 564 g/mol. The van der Waals surface area contributed by atoms with Crippen molar-refractivity contribution in [1.29, 1.82) is 0 Å². The lowest BCUT2D eigenvalue weighted by Crippen LogP contribution is -2.44. The monoisotopic (exact) mass is 578 g/mol. The number of hydrogen-bond donors (Lipinski definition) is 1. The molecule has 0 aliphatic heterocycles. The Hall–Kier alpha value is -3.44. The molecule has 200 valence electrons. The summed E-state index contributed by atoms with van der Waals surface area (Å²) in [5, 5.41) is 1.13. The Morgan fingerprint density at radius 3 is 2.05 bits per heavy atom. The number of carbonyl (C=O) groups is 1. The number of nitrogens with zero attached hydrogens (tertiary/aromatic N) is 1. The van der Waals surface area contributed by atoms with Crippen molar-refractivity contribution in [2.75, 3.05) is 5.32 Å². The highest BCUT2D eigenvalue weighted by Crippen LogP contribution is 2.47. The number of carbonyl (C=O) groups excluding carboxylic acids is 1. The van der Waals surface area contributed by atoms with Gasteiger partial charge >= 0.3 is 18.4 Å². The maximum atomic E-state index is 14.5. The van der Waals surface area contributed by atoms with E-state index in [1.165, 1.54) is 24.3 Å². The molecule has 0 saturated heterocycles. The van der Waals surface area contributed by atoms with Gasteiger partial charge in [0.15, 0.2) is 0 Å². The Morgan fingerprint density at radius 1 is 0.921 bits per heavy atom. The first-order valence-electron chi connectivity index (χ1n) is 10.6. The van der Waals surface area contributed by atoms with Crippen LogP contribution >= 0.6 is 23.2 Å². The van der Waals surface area contributed by atoms with Gasteiger partial charge in [0, 0.05) is 22.8 Å². The number of benzene rings is 3. The number of para-hydroxylation sites is 1. The highest BCUT2D eigenvalue weighted by Gasteiger charge is 2.57. The summed E-state index contributed by atoms with van der Waals surface area (Å²) < 4.78 is 102. The summed E-state index contributed by atoms with van der Waals surface area (Å²) in [6, 6.07) is 11.1. The minimum atomic E-state index is -5.16. The minimum Gasteiger partial charge on any atom is -0.428 e. The quantitative estimate of drug-likeness (QED) is 0.245. The Bertz CT molecular complexity index is 1490. The molecule has 1 atom stereocenters. The molecule has 38 heavy (non-hydrogen) atoms. The highest BCUT2D eigenvalue weighted by atomic mass is 35.5. The zero-order valence-corrected chi connectivity index (χ0v) is 20.5. The van der Waals surface area contributed by atoms with Gasteiger partial charge in [-0.15, -0.1) is 0 Å². The predicted molar refractivity (Wildman–Crippen MR) is 128 cm³/mol. The SMILES string of the molecule is CC(OC(=O)Nc1ccc(F)cc1)(c1cn(-c2c(Cl)cc(C(F)(F)F)cc2Cl)c2ccccc12)C(F)(F)F. The van der Waals surface area contributed by atoms with E-state index in [0.29, 0.717) is 19.1 Å². The lowest BCUT2D eigenvalue weighted by Gasteiger charge is -2.31. The number of ether oxygens (including phenoxy) is 1. The number of nitrogens with one attached hydrogen (secondary N) is 1. The summed E-state index contributed by atoms with van der Waals surface area (Å²) in [4.78, 5) is 12.5. The van der Waals surface area contributed by atoms with Crippen LogP contribution in [0.25, 0.3) is 16.6 Å². The molecular formula is C25H15Cl2F7N2O2. The highest BCUT2D eigenvalue weighted by molar-refractivity contribution is 6.38. The molecule has 0 aliphatic rings. The van der Waals surface area contributed by atoms with Gasteiger partial charge in [0.1, 0.15) is 5.82 Å². The Kier molecular flexibility index (Phi) is 7.04. The molecule has 0 saturated carbocycles. The first-order valence-corrected chi connectivity index (χ1v) is 11.4. The van der Waals surface area contributed by atoms with Crippen molar-refractivity contribution in [2.24, 2.45) is 0 Å². The standard InChI is InChI=1S/C25H15Cl2F7N2O2/c1-23(25(32,33)34,38-22(37)35-15-8-6-14(28)7-9-15)17-12-36(20-5-3-2-4-16(17)20)21-18(26)10-13(11-19(21)27)24(29,30)31/h2-12H,1H3,(H,35,37). The van der Waals surface area contributed by atoms with Crippen LogP contribution in [0.5, 0.6) is 0 Å². The molecule has 0 spiro atoms. The average Bonchev–Trinajstić information content (AvgIpc) is 3.18. The van der Waals surface area contributed by atoms with E-state index in [2.05, 4.69) is 5.32 Å². The molecule has 1 unspecified atom stereocenters. The maximum absolute atomic E-state index is 14.5. The van der Waals surface area contributed by atoms with Crippen LogP contribution in [0.1, 0.15) is 18.1 Å². The maximum Gasteiger partial charge on any atom is 0.432 e. The van der Waals surface area contributed by atoms with E-state index >= 15 is 0 Å². The third-order valence-corrected chi connectivity index (χ3v) is 6.32. The van der Waals surface area contributed by atoms with E-state index in [9.17, 15) is 35.5 Å². The van der Waals surface area contributed by atoms with Crippen molar-refractivity contribution in [3.05, 3.63) is 93.8 Å². The van der Waals surface area contributed by atoms with Crippen molar-refractivity contribution in [3.63, 3.8) is 0 Å². The number of amides is 1. The molecule has 1 aromatic heterocycles. The largest absolute Gasteiger partial charge is 0.432 e. The molecule has 0 fully saturated rings. The van der Waals surface area contributed by atoms with Crippen LogP contribution in [0.2, 0.25) is 10.0 Å². The Labute approximate surface area is 220 Å². The van der Waals surface area contributed by atoms with Crippen LogP contribution in [0, 0.1) is 5.82 Å². The van der Waals surface area contributed by atoms with E-state index in [0.717, 1.165) is 35.0 Å². The molecule has 1 amide bonds. The van der Waals surface area contributed by atoms with Crippen molar-refractivity contribution < 1.29 is 40.3 Å². The summed E-state index contributed by atoms with van der Waals surface area (Å²) in [6.07, 6.45) is -10.5. The van der Waals surface area contributed by atoms with Crippen molar-refractivity contribution in [1.82, 2.24) is 4.57 Å². The number of anilines is 1. The van der Waals surface area contributed by atoms with Gasteiger partial charge in [-0.05, 0) is 49.4 Å². The fourth-order valence-electron chi connectivity index (χ4n) is 3.83. The first-order chi connectivity index (χ1) is 17.6. The normalized spacial score (nSPS) is 13.8. The first kappa shape index (κ1) is 27.6. The number of rotatable bonds is 4. The van der Waals surface area contributed by atoms with Crippen LogP contribution in [-0.4, -0.2) is 16.8 Å². The fourth-order valence-corrected chi connectivity index (χ4v) is 4.50. The van der Waals surface area contributed by atoms with E-state index < -0.39 is 51.0 Å². The zero-order chi connectivity index (χ0) is 28.0. The van der Waals surface area contributed by atoms with Gasteiger partial charge in [-0.3, -0.25) is 5.32 Å². The van der Waals surface area contributed by atoms with Gasteiger partial charge in [-0.25, -0.2) is 9.18 Å². The molecule has 0 aliphatic carbocycles.